The van der Waals surface area contributed by atoms with E-state index in [-0.39, 0.29) is 54.9 Å². The summed E-state index contributed by atoms with van der Waals surface area (Å²) in [5, 5.41) is 0. The van der Waals surface area contributed by atoms with Gasteiger partial charge in [-0.05, 0) is 18.8 Å². The molecule has 3 atom stereocenters. The molecule has 0 saturated heterocycles. The number of nitrogen functional groups attached to an aromatic ring is 1. The smallest absolute Gasteiger partial charge is 0.323 e. The van der Waals surface area contributed by atoms with Crippen LogP contribution in [0.25, 0.3) is 11.2 Å². The molecule has 12 heteroatoms. The van der Waals surface area contributed by atoms with Crippen LogP contribution in [0.2, 0.25) is 0 Å². The second-order valence-electron chi connectivity index (χ2n) is 7.69. The minimum atomic E-state index is -0.704. The highest BCUT2D eigenvalue weighted by Crippen LogP contribution is 2.14. The molecule has 0 bridgehead atoms. The maximum absolute atomic E-state index is 12.2. The number of rotatable bonds is 12. The predicted octanol–water partition coefficient (Wildman–Crippen LogP) is 1.39. The van der Waals surface area contributed by atoms with Crippen molar-refractivity contribution in [2.45, 2.75) is 59.0 Å². The number of H-pyrrole nitrogens is 1. The van der Waals surface area contributed by atoms with E-state index in [9.17, 15) is 14.4 Å². The number of nitrogens with one attached hydrogen (secondary N) is 1. The number of halogens is 1. The van der Waals surface area contributed by atoms with Gasteiger partial charge in [0, 0.05) is 18.9 Å². The van der Waals surface area contributed by atoms with E-state index in [1.807, 2.05) is 20.8 Å². The molecule has 0 radical (unpaired) electrons. The average molecular weight is 473 g/mol. The van der Waals surface area contributed by atoms with Crippen LogP contribution in [0, 0.1) is 11.8 Å². The third kappa shape index (κ3) is 7.49. The summed E-state index contributed by atoms with van der Waals surface area (Å²) in [6.45, 7) is 6.31. The Balaban J connectivity index is 0.00000512. The van der Waals surface area contributed by atoms with E-state index in [1.54, 1.807) is 4.57 Å². The predicted molar refractivity (Wildman–Crippen MR) is 122 cm³/mol. The van der Waals surface area contributed by atoms with E-state index in [4.69, 9.17) is 20.9 Å². The number of aromatic nitrogens is 4. The van der Waals surface area contributed by atoms with Gasteiger partial charge in [-0.3, -0.25) is 19.4 Å². The molecule has 32 heavy (non-hydrogen) atoms. The van der Waals surface area contributed by atoms with Gasteiger partial charge < -0.3 is 25.5 Å². The molecular weight excluding hydrogens is 440 g/mol. The number of nitrogens with zero attached hydrogens (tertiary/aromatic N) is 3. The summed E-state index contributed by atoms with van der Waals surface area (Å²) in [5.41, 5.74) is 11.7. The topological polar surface area (TPSA) is 168 Å². The zero-order valence-corrected chi connectivity index (χ0v) is 19.5. The van der Waals surface area contributed by atoms with Gasteiger partial charge >= 0.3 is 11.9 Å². The number of hydrogen-bond acceptors (Lipinski definition) is 9. The fraction of sp³-hybridized carbons (Fsp3) is 0.650. The first-order chi connectivity index (χ1) is 14.8. The number of carbonyl (C=O) groups excluding carboxylic acids is 2. The van der Waals surface area contributed by atoms with E-state index in [2.05, 4.69) is 15.0 Å². The summed E-state index contributed by atoms with van der Waals surface area (Å²) < 4.78 is 12.4. The molecule has 2 aromatic heterocycles. The van der Waals surface area contributed by atoms with Crippen LogP contribution in [-0.2, 0) is 25.6 Å². The first-order valence-corrected chi connectivity index (χ1v) is 10.5. The zero-order chi connectivity index (χ0) is 23.0. The highest BCUT2D eigenvalue weighted by molar-refractivity contribution is 5.85. The summed E-state index contributed by atoms with van der Waals surface area (Å²) in [7, 11) is 0. The summed E-state index contributed by atoms with van der Waals surface area (Å²) in [6.07, 6.45) is 3.76. The Labute approximate surface area is 192 Å². The maximum Gasteiger partial charge on any atom is 0.323 e. The molecular formula is C20H33ClN6O5. The summed E-state index contributed by atoms with van der Waals surface area (Å²) >= 11 is 0. The molecule has 2 heterocycles. The molecule has 0 aromatic carbocycles. The van der Waals surface area contributed by atoms with Gasteiger partial charge in [0.2, 0.25) is 5.95 Å². The third-order valence-electron chi connectivity index (χ3n) is 5.20. The summed E-state index contributed by atoms with van der Waals surface area (Å²) in [5.74, 6) is -1.04. The molecule has 2 rings (SSSR count). The minimum absolute atomic E-state index is 0. The standard InChI is InChI=1S/C20H32N6O5.ClH/c1-4-6-14(27)30-9-13(10-31-19(29)15(21)12(3)5-2)7-8-26-11-23-16-17(26)24-20(22)25-18(16)28;/h11-13,15H,4-10,21H2,1-3H3,(H3,22,24,25,28);1H/t12-,13?,15-;/m0./s1. The molecule has 0 aliphatic carbocycles. The summed E-state index contributed by atoms with van der Waals surface area (Å²) in [6, 6.07) is -0.704. The number of aromatic amines is 1. The molecule has 180 valence electrons. The molecule has 0 amide bonds. The van der Waals surface area contributed by atoms with Crippen LogP contribution in [0.3, 0.4) is 0 Å². The van der Waals surface area contributed by atoms with E-state index < -0.39 is 17.6 Å². The highest BCUT2D eigenvalue weighted by Gasteiger charge is 2.23. The minimum Gasteiger partial charge on any atom is -0.465 e. The molecule has 5 N–H and O–H groups in total. The Morgan fingerprint density at radius 2 is 1.94 bits per heavy atom. The van der Waals surface area contributed by atoms with Gasteiger partial charge in [0.05, 0.1) is 19.5 Å². The van der Waals surface area contributed by atoms with Crippen LogP contribution >= 0.6 is 12.4 Å². The molecule has 0 aliphatic heterocycles. The molecule has 1 unspecified atom stereocenters. The number of imidazole rings is 1. The van der Waals surface area contributed by atoms with Gasteiger partial charge in [0.1, 0.15) is 6.04 Å². The number of aryl methyl sites for hydroxylation is 1. The SMILES string of the molecule is CCCC(=O)OCC(CCn1cnc2c(=O)[nH]c(N)nc21)COC(=O)[C@@H](N)[C@@H](C)CC.Cl. The summed E-state index contributed by atoms with van der Waals surface area (Å²) in [4.78, 5) is 46.6. The van der Waals surface area contributed by atoms with E-state index in [0.29, 0.717) is 31.5 Å². The molecule has 11 nitrogen and oxygen atoms in total. The number of esters is 2. The molecule has 0 spiro atoms. The monoisotopic (exact) mass is 472 g/mol. The Hall–Kier alpha value is -2.66. The van der Waals surface area contributed by atoms with Crippen LogP contribution in [0.15, 0.2) is 11.1 Å². The first kappa shape index (κ1) is 27.4. The van der Waals surface area contributed by atoms with Gasteiger partial charge in [-0.25, -0.2) is 4.98 Å². The van der Waals surface area contributed by atoms with Crippen molar-refractivity contribution in [3.8, 4) is 0 Å². The molecule has 0 fully saturated rings. The second-order valence-corrected chi connectivity index (χ2v) is 7.69. The Bertz CT molecular complexity index is 946. The van der Waals surface area contributed by atoms with Crippen molar-refractivity contribution in [3.05, 3.63) is 16.7 Å². The van der Waals surface area contributed by atoms with Crippen LogP contribution in [0.4, 0.5) is 5.95 Å². The quantitative estimate of drug-likeness (QED) is 0.386. The lowest BCUT2D eigenvalue weighted by molar-refractivity contribution is -0.151. The van der Waals surface area contributed by atoms with Crippen LogP contribution < -0.4 is 17.0 Å². The largest absolute Gasteiger partial charge is 0.465 e. The van der Waals surface area contributed by atoms with Crippen LogP contribution in [0.5, 0.6) is 0 Å². The van der Waals surface area contributed by atoms with Crippen LogP contribution in [-0.4, -0.2) is 50.7 Å². The fourth-order valence-corrected chi connectivity index (χ4v) is 2.94. The van der Waals surface area contributed by atoms with E-state index >= 15 is 0 Å². The third-order valence-corrected chi connectivity index (χ3v) is 5.20. The van der Waals surface area contributed by atoms with Crippen molar-refractivity contribution in [1.82, 2.24) is 19.5 Å². The first-order valence-electron chi connectivity index (χ1n) is 10.5. The number of fused-ring (bicyclic) bond motifs is 1. The van der Waals surface area contributed by atoms with Crippen LogP contribution in [0.1, 0.15) is 46.5 Å². The maximum atomic E-state index is 12.2. The average Bonchev–Trinajstić information content (AvgIpc) is 3.15. The lowest BCUT2D eigenvalue weighted by atomic mass is 10.0. The molecule has 0 aliphatic rings. The van der Waals surface area contributed by atoms with Crippen molar-refractivity contribution < 1.29 is 19.1 Å². The highest BCUT2D eigenvalue weighted by atomic mass is 35.5. The van der Waals surface area contributed by atoms with Crippen molar-refractivity contribution >= 4 is 41.5 Å². The van der Waals surface area contributed by atoms with Gasteiger partial charge in [0.25, 0.3) is 5.56 Å². The number of ether oxygens (including phenoxy) is 2. The lowest BCUT2D eigenvalue weighted by Crippen LogP contribution is -2.39. The van der Waals surface area contributed by atoms with Gasteiger partial charge in [0.15, 0.2) is 11.2 Å². The van der Waals surface area contributed by atoms with Gasteiger partial charge in [-0.1, -0.05) is 27.2 Å². The van der Waals surface area contributed by atoms with Crippen molar-refractivity contribution in [1.29, 1.82) is 0 Å². The normalized spacial score (nSPS) is 13.8. The van der Waals surface area contributed by atoms with E-state index in [0.717, 1.165) is 6.42 Å². The number of hydrogen-bond donors (Lipinski definition) is 3. The van der Waals surface area contributed by atoms with Gasteiger partial charge in [-0.2, -0.15) is 4.98 Å². The zero-order valence-electron chi connectivity index (χ0n) is 18.7. The fourth-order valence-electron chi connectivity index (χ4n) is 2.94. The number of nitrogens with two attached hydrogens (primary N) is 2. The second kappa shape index (κ2) is 13.0. The van der Waals surface area contributed by atoms with E-state index in [1.165, 1.54) is 6.33 Å². The number of carbonyl (C=O) groups is 2. The Kier molecular flexibility index (Phi) is 11.1. The van der Waals surface area contributed by atoms with Crippen molar-refractivity contribution in [2.75, 3.05) is 18.9 Å². The van der Waals surface area contributed by atoms with Crippen molar-refractivity contribution in [2.24, 2.45) is 17.6 Å². The van der Waals surface area contributed by atoms with Crippen molar-refractivity contribution in [3.63, 3.8) is 0 Å². The molecule has 2 aromatic rings. The lowest BCUT2D eigenvalue weighted by Gasteiger charge is -2.21. The Morgan fingerprint density at radius 1 is 1.25 bits per heavy atom. The molecule has 0 saturated carbocycles. The number of anilines is 1. The van der Waals surface area contributed by atoms with Gasteiger partial charge in [-0.15, -0.1) is 12.4 Å². The Morgan fingerprint density at radius 3 is 2.59 bits per heavy atom.